The van der Waals surface area contributed by atoms with E-state index < -0.39 is 0 Å². The van der Waals surface area contributed by atoms with Gasteiger partial charge in [-0.3, -0.25) is 0 Å². The Kier molecular flexibility index (Phi) is 4.60. The fourth-order valence-corrected chi connectivity index (χ4v) is 3.60. The average Bonchev–Trinajstić information content (AvgIpc) is 2.47. The molecule has 0 saturated heterocycles. The maximum atomic E-state index is 8.94. The number of anilines is 2. The molecule has 0 radical (unpaired) electrons. The number of benzene rings is 1. The van der Waals surface area contributed by atoms with Crippen LogP contribution in [0.25, 0.3) is 0 Å². The summed E-state index contributed by atoms with van der Waals surface area (Å²) in [7, 11) is 0. The second-order valence-electron chi connectivity index (χ2n) is 5.22. The Hall–Kier alpha value is -1.34. The molecule has 0 atom stereocenters. The quantitative estimate of drug-likeness (QED) is 0.824. The molecule has 4 heteroatoms. The molecular formula is C15H21N3S. The highest BCUT2D eigenvalue weighted by atomic mass is 32.2. The molecule has 1 aliphatic rings. The third-order valence-electron chi connectivity index (χ3n) is 3.98. The molecule has 3 N–H and O–H groups in total. The fourth-order valence-electron chi connectivity index (χ4n) is 2.68. The predicted octanol–water partition coefficient (Wildman–Crippen LogP) is 3.62. The summed E-state index contributed by atoms with van der Waals surface area (Å²) in [6.07, 6.45) is 8.71. The van der Waals surface area contributed by atoms with Crippen molar-refractivity contribution in [2.45, 2.75) is 36.9 Å². The summed E-state index contributed by atoms with van der Waals surface area (Å²) in [5.74, 6) is 0. The first-order valence-electron chi connectivity index (χ1n) is 6.78. The van der Waals surface area contributed by atoms with E-state index in [-0.39, 0.29) is 0 Å². The van der Waals surface area contributed by atoms with Crippen molar-refractivity contribution in [2.75, 3.05) is 23.9 Å². The van der Waals surface area contributed by atoms with E-state index in [2.05, 4.69) is 17.6 Å². The van der Waals surface area contributed by atoms with Crippen molar-refractivity contribution in [3.8, 4) is 6.07 Å². The average molecular weight is 275 g/mol. The summed E-state index contributed by atoms with van der Waals surface area (Å²) in [5.41, 5.74) is 8.22. The number of hydrogen-bond donors (Lipinski definition) is 2. The third kappa shape index (κ3) is 3.36. The summed E-state index contributed by atoms with van der Waals surface area (Å²) in [4.78, 5) is 0. The van der Waals surface area contributed by atoms with E-state index in [0.717, 1.165) is 12.2 Å². The first-order chi connectivity index (χ1) is 9.19. The van der Waals surface area contributed by atoms with E-state index in [9.17, 15) is 0 Å². The zero-order valence-corrected chi connectivity index (χ0v) is 12.2. The molecule has 0 unspecified atom stereocenters. The monoisotopic (exact) mass is 275 g/mol. The van der Waals surface area contributed by atoms with Gasteiger partial charge in [0.25, 0.3) is 0 Å². The molecule has 19 heavy (non-hydrogen) atoms. The third-order valence-corrected chi connectivity index (χ3v) is 5.40. The molecule has 1 fully saturated rings. The lowest BCUT2D eigenvalue weighted by molar-refractivity contribution is 0.411. The molecule has 1 aromatic rings. The zero-order valence-electron chi connectivity index (χ0n) is 11.4. The molecule has 1 aromatic carbocycles. The standard InChI is InChI=1S/C15H21N3S/c1-19-15(7-3-2-4-8-15)11-18-14-9-12(10-16)5-6-13(14)17/h5-6,9,18H,2-4,7-8,11,17H2,1H3. The second-order valence-corrected chi connectivity index (χ2v) is 6.49. The van der Waals surface area contributed by atoms with Gasteiger partial charge in [0.1, 0.15) is 0 Å². The van der Waals surface area contributed by atoms with Crippen molar-refractivity contribution in [3.63, 3.8) is 0 Å². The molecule has 2 rings (SSSR count). The molecule has 0 amide bonds. The van der Waals surface area contributed by atoms with Crippen molar-refractivity contribution in [1.29, 1.82) is 5.26 Å². The Morgan fingerprint density at radius 2 is 2.11 bits per heavy atom. The van der Waals surface area contributed by atoms with Crippen LogP contribution in [0.1, 0.15) is 37.7 Å². The van der Waals surface area contributed by atoms with Crippen LogP contribution in [-0.4, -0.2) is 17.5 Å². The van der Waals surface area contributed by atoms with Crippen molar-refractivity contribution in [1.82, 2.24) is 0 Å². The number of rotatable bonds is 4. The Labute approximate surface area is 119 Å². The number of hydrogen-bond acceptors (Lipinski definition) is 4. The lowest BCUT2D eigenvalue weighted by Gasteiger charge is -2.36. The van der Waals surface area contributed by atoms with Crippen LogP contribution in [0.2, 0.25) is 0 Å². The smallest absolute Gasteiger partial charge is 0.0992 e. The van der Waals surface area contributed by atoms with Gasteiger partial charge in [0, 0.05) is 11.3 Å². The van der Waals surface area contributed by atoms with Crippen molar-refractivity contribution in [2.24, 2.45) is 0 Å². The molecule has 0 heterocycles. The van der Waals surface area contributed by atoms with E-state index in [4.69, 9.17) is 11.0 Å². The van der Waals surface area contributed by atoms with Crippen LogP contribution in [0.3, 0.4) is 0 Å². The molecule has 0 aromatic heterocycles. The summed E-state index contributed by atoms with van der Waals surface area (Å²) in [5, 5.41) is 12.4. The first kappa shape index (κ1) is 14.1. The lowest BCUT2D eigenvalue weighted by Crippen LogP contribution is -2.35. The molecule has 0 bridgehead atoms. The topological polar surface area (TPSA) is 61.8 Å². The lowest BCUT2D eigenvalue weighted by atomic mass is 9.88. The molecular weight excluding hydrogens is 254 g/mol. The highest BCUT2D eigenvalue weighted by Crippen LogP contribution is 2.39. The number of nitrogens with one attached hydrogen (secondary N) is 1. The molecule has 102 valence electrons. The van der Waals surface area contributed by atoms with Gasteiger partial charge in [-0.05, 0) is 37.3 Å². The van der Waals surface area contributed by atoms with Crippen LogP contribution >= 0.6 is 11.8 Å². The van der Waals surface area contributed by atoms with Crippen LogP contribution in [0.5, 0.6) is 0 Å². The Morgan fingerprint density at radius 3 is 2.74 bits per heavy atom. The highest BCUT2D eigenvalue weighted by molar-refractivity contribution is 8.00. The maximum Gasteiger partial charge on any atom is 0.0992 e. The van der Waals surface area contributed by atoms with Crippen LogP contribution in [-0.2, 0) is 0 Å². The van der Waals surface area contributed by atoms with Gasteiger partial charge in [-0.25, -0.2) is 0 Å². The molecule has 1 saturated carbocycles. The Balaban J connectivity index is 2.07. The first-order valence-corrected chi connectivity index (χ1v) is 8.00. The molecule has 0 spiro atoms. The SMILES string of the molecule is CSC1(CNc2cc(C#N)ccc2N)CCCCC1. The molecule has 0 aliphatic heterocycles. The van der Waals surface area contributed by atoms with Gasteiger partial charge in [-0.2, -0.15) is 17.0 Å². The largest absolute Gasteiger partial charge is 0.397 e. The predicted molar refractivity (Wildman–Crippen MR) is 83.4 cm³/mol. The summed E-state index contributed by atoms with van der Waals surface area (Å²) >= 11 is 1.96. The Bertz CT molecular complexity index is 473. The summed E-state index contributed by atoms with van der Waals surface area (Å²) in [6, 6.07) is 7.55. The van der Waals surface area contributed by atoms with Gasteiger partial charge < -0.3 is 11.1 Å². The van der Waals surface area contributed by atoms with Gasteiger partial charge in [-0.1, -0.05) is 19.3 Å². The van der Waals surface area contributed by atoms with E-state index in [0.29, 0.717) is 16.0 Å². The normalized spacial score (nSPS) is 17.7. The number of thioether (sulfide) groups is 1. The highest BCUT2D eigenvalue weighted by Gasteiger charge is 2.30. The molecule has 1 aliphatic carbocycles. The molecule has 3 nitrogen and oxygen atoms in total. The summed E-state index contributed by atoms with van der Waals surface area (Å²) in [6.45, 7) is 0.924. The van der Waals surface area contributed by atoms with E-state index >= 15 is 0 Å². The van der Waals surface area contributed by atoms with E-state index in [1.54, 1.807) is 12.1 Å². The zero-order chi connectivity index (χ0) is 13.7. The van der Waals surface area contributed by atoms with Crippen molar-refractivity contribution < 1.29 is 0 Å². The van der Waals surface area contributed by atoms with Gasteiger partial charge in [0.05, 0.1) is 23.0 Å². The van der Waals surface area contributed by atoms with Gasteiger partial charge in [0.2, 0.25) is 0 Å². The number of nitriles is 1. The van der Waals surface area contributed by atoms with Gasteiger partial charge >= 0.3 is 0 Å². The minimum absolute atomic E-state index is 0.327. The van der Waals surface area contributed by atoms with E-state index in [1.165, 1.54) is 32.1 Å². The van der Waals surface area contributed by atoms with Crippen molar-refractivity contribution in [3.05, 3.63) is 23.8 Å². The minimum atomic E-state index is 0.327. The fraction of sp³-hybridized carbons (Fsp3) is 0.533. The number of nitrogens with two attached hydrogens (primary N) is 1. The number of nitrogens with zero attached hydrogens (tertiary/aromatic N) is 1. The summed E-state index contributed by atoms with van der Waals surface area (Å²) < 4.78 is 0.327. The minimum Gasteiger partial charge on any atom is -0.397 e. The van der Waals surface area contributed by atoms with Gasteiger partial charge in [0.15, 0.2) is 0 Å². The number of nitrogen functional groups attached to an aromatic ring is 1. The van der Waals surface area contributed by atoms with E-state index in [1.807, 2.05) is 17.8 Å². The van der Waals surface area contributed by atoms with Crippen LogP contribution in [0, 0.1) is 11.3 Å². The van der Waals surface area contributed by atoms with Crippen LogP contribution in [0.15, 0.2) is 18.2 Å². The maximum absolute atomic E-state index is 8.94. The second kappa shape index (κ2) is 6.21. The van der Waals surface area contributed by atoms with Crippen LogP contribution in [0.4, 0.5) is 11.4 Å². The van der Waals surface area contributed by atoms with Crippen molar-refractivity contribution >= 4 is 23.1 Å². The van der Waals surface area contributed by atoms with Crippen LogP contribution < -0.4 is 11.1 Å². The van der Waals surface area contributed by atoms with Gasteiger partial charge in [-0.15, -0.1) is 0 Å². The Morgan fingerprint density at radius 1 is 1.37 bits per heavy atom.